The molecule has 0 radical (unpaired) electrons. The molecule has 178 valence electrons. The Morgan fingerprint density at radius 1 is 0.857 bits per heavy atom. The second-order valence-corrected chi connectivity index (χ2v) is 9.20. The van der Waals surface area contributed by atoms with Crippen LogP contribution in [0.1, 0.15) is 27.2 Å². The average molecular weight is 468 g/mol. The Morgan fingerprint density at radius 2 is 1.51 bits per heavy atom. The largest absolute Gasteiger partial charge is 0.478 e. The van der Waals surface area contributed by atoms with Crippen LogP contribution in [0.5, 0.6) is 0 Å². The number of hydrogen-bond donors (Lipinski definition) is 1. The number of aromatic carboxylic acids is 1. The zero-order valence-corrected chi connectivity index (χ0v) is 20.1. The highest BCUT2D eigenvalue weighted by Crippen LogP contribution is 2.26. The van der Waals surface area contributed by atoms with Crippen molar-refractivity contribution in [3.8, 4) is 5.69 Å². The Hall–Kier alpha value is -3.90. The number of pyridine rings is 1. The van der Waals surface area contributed by atoms with Crippen molar-refractivity contribution in [3.63, 3.8) is 0 Å². The van der Waals surface area contributed by atoms with Gasteiger partial charge in [-0.15, -0.1) is 0 Å². The van der Waals surface area contributed by atoms with Gasteiger partial charge in [-0.05, 0) is 49.2 Å². The van der Waals surface area contributed by atoms with E-state index in [4.69, 9.17) is 0 Å². The Morgan fingerprint density at radius 3 is 2.20 bits per heavy atom. The number of carboxylic acids is 1. The number of carbonyl (C=O) groups is 1. The fourth-order valence-electron chi connectivity index (χ4n) is 5.06. The summed E-state index contributed by atoms with van der Waals surface area (Å²) in [5.41, 5.74) is 4.94. The van der Waals surface area contributed by atoms with Crippen LogP contribution in [-0.4, -0.2) is 46.7 Å². The van der Waals surface area contributed by atoms with Crippen LogP contribution in [0.3, 0.4) is 0 Å². The van der Waals surface area contributed by atoms with Crippen molar-refractivity contribution < 1.29 is 9.90 Å². The predicted molar refractivity (Wildman–Crippen MR) is 140 cm³/mol. The summed E-state index contributed by atoms with van der Waals surface area (Å²) in [7, 11) is 0. The summed E-state index contributed by atoms with van der Waals surface area (Å²) < 4.78 is 1.59. The van der Waals surface area contributed by atoms with Gasteiger partial charge in [0.1, 0.15) is 0 Å². The summed E-state index contributed by atoms with van der Waals surface area (Å²) in [5, 5.41) is 11.2. The first-order valence-corrected chi connectivity index (χ1v) is 11.9. The van der Waals surface area contributed by atoms with Crippen molar-refractivity contribution in [2.45, 2.75) is 20.4 Å². The molecule has 0 unspecified atom stereocenters. The molecule has 1 aliphatic heterocycles. The van der Waals surface area contributed by atoms with Crippen molar-refractivity contribution >= 4 is 22.4 Å². The van der Waals surface area contributed by atoms with E-state index in [-0.39, 0.29) is 11.1 Å². The number of nitrogens with zero attached hydrogens (tertiary/aromatic N) is 3. The minimum Gasteiger partial charge on any atom is -0.478 e. The highest BCUT2D eigenvalue weighted by Gasteiger charge is 2.26. The molecule has 6 heteroatoms. The number of piperazine rings is 1. The van der Waals surface area contributed by atoms with Crippen LogP contribution >= 0.6 is 0 Å². The number of anilines is 1. The number of carboxylic acid groups (broad SMARTS) is 1. The Balaban J connectivity index is 1.54. The van der Waals surface area contributed by atoms with Crippen molar-refractivity contribution in [1.29, 1.82) is 0 Å². The van der Waals surface area contributed by atoms with Crippen molar-refractivity contribution in [2.75, 3.05) is 31.1 Å². The van der Waals surface area contributed by atoms with Crippen LogP contribution in [0.2, 0.25) is 0 Å². The number of rotatable bonds is 5. The molecule has 6 nitrogen and oxygen atoms in total. The molecule has 0 aliphatic carbocycles. The quantitative estimate of drug-likeness (QED) is 0.464. The molecule has 35 heavy (non-hydrogen) atoms. The van der Waals surface area contributed by atoms with Crippen molar-refractivity contribution in [3.05, 3.63) is 106 Å². The average Bonchev–Trinajstić information content (AvgIpc) is 2.87. The van der Waals surface area contributed by atoms with Crippen LogP contribution in [-0.2, 0) is 6.54 Å². The number of hydrogen-bond acceptors (Lipinski definition) is 4. The third-order valence-electron chi connectivity index (χ3n) is 6.87. The van der Waals surface area contributed by atoms with Gasteiger partial charge >= 0.3 is 5.97 Å². The Kier molecular flexibility index (Phi) is 6.14. The summed E-state index contributed by atoms with van der Waals surface area (Å²) in [6.45, 7) is 7.87. The highest BCUT2D eigenvalue weighted by molar-refractivity contribution is 6.04. The van der Waals surface area contributed by atoms with Gasteiger partial charge in [0.2, 0.25) is 0 Å². The number of para-hydroxylation sites is 1. The molecule has 0 bridgehead atoms. The van der Waals surface area contributed by atoms with E-state index in [1.165, 1.54) is 16.8 Å². The highest BCUT2D eigenvalue weighted by atomic mass is 16.4. The van der Waals surface area contributed by atoms with Crippen LogP contribution in [0, 0.1) is 13.8 Å². The number of fused-ring (bicyclic) bond motifs is 1. The zero-order chi connectivity index (χ0) is 24.5. The normalized spacial score (nSPS) is 14.4. The minimum atomic E-state index is -1.02. The molecular formula is C29H29N3O3. The topological polar surface area (TPSA) is 65.8 Å². The molecule has 0 saturated carbocycles. The predicted octanol–water partition coefficient (Wildman–Crippen LogP) is 4.63. The van der Waals surface area contributed by atoms with E-state index < -0.39 is 5.97 Å². The maximum atomic E-state index is 13.6. The van der Waals surface area contributed by atoms with E-state index >= 15 is 0 Å². The van der Waals surface area contributed by atoms with Gasteiger partial charge in [-0.2, -0.15) is 0 Å². The third kappa shape index (κ3) is 4.33. The molecule has 2 heterocycles. The molecule has 1 saturated heterocycles. The second-order valence-electron chi connectivity index (χ2n) is 9.20. The van der Waals surface area contributed by atoms with Gasteiger partial charge < -0.3 is 10.0 Å². The van der Waals surface area contributed by atoms with Gasteiger partial charge in [0.15, 0.2) is 0 Å². The fraction of sp³-hybridized carbons (Fsp3) is 0.241. The summed E-state index contributed by atoms with van der Waals surface area (Å²) in [6.07, 6.45) is 0. The van der Waals surface area contributed by atoms with E-state index in [0.29, 0.717) is 28.7 Å². The zero-order valence-electron chi connectivity index (χ0n) is 20.1. The van der Waals surface area contributed by atoms with Crippen LogP contribution < -0.4 is 10.5 Å². The summed E-state index contributed by atoms with van der Waals surface area (Å²) in [5.74, 6) is -1.02. The van der Waals surface area contributed by atoms with E-state index in [2.05, 4.69) is 41.8 Å². The Bertz CT molecular complexity index is 1450. The van der Waals surface area contributed by atoms with Crippen molar-refractivity contribution in [2.24, 2.45) is 0 Å². The molecule has 4 aromatic rings. The molecular weight excluding hydrogens is 438 g/mol. The van der Waals surface area contributed by atoms with E-state index in [9.17, 15) is 14.7 Å². The Labute approximate surface area is 204 Å². The first-order valence-electron chi connectivity index (χ1n) is 11.9. The van der Waals surface area contributed by atoms with Gasteiger partial charge in [-0.3, -0.25) is 14.3 Å². The van der Waals surface area contributed by atoms with Crippen molar-refractivity contribution in [1.82, 2.24) is 9.47 Å². The fourth-order valence-corrected chi connectivity index (χ4v) is 5.06. The lowest BCUT2D eigenvalue weighted by atomic mass is 10.0. The van der Waals surface area contributed by atoms with E-state index in [1.807, 2.05) is 30.3 Å². The van der Waals surface area contributed by atoms with Gasteiger partial charge in [0.05, 0.1) is 11.3 Å². The molecule has 1 fully saturated rings. The van der Waals surface area contributed by atoms with E-state index in [0.717, 1.165) is 26.2 Å². The van der Waals surface area contributed by atoms with Gasteiger partial charge in [0.25, 0.3) is 5.56 Å². The molecule has 3 aromatic carbocycles. The molecule has 1 aromatic heterocycles. The standard InChI is InChI=1S/C29H29N3O3/c1-20-12-13-21(2)25(18-20)31-16-14-30(15-17-31)19-26-27(29(34)35)23-10-6-7-11-24(23)28(33)32(26)22-8-4-3-5-9-22/h3-13,18H,14-17,19H2,1-2H3,(H,34,35). The molecule has 1 N–H and O–H groups in total. The third-order valence-corrected chi connectivity index (χ3v) is 6.87. The van der Waals surface area contributed by atoms with Crippen LogP contribution in [0.4, 0.5) is 5.69 Å². The first-order chi connectivity index (χ1) is 16.9. The van der Waals surface area contributed by atoms with Gasteiger partial charge in [0, 0.05) is 54.9 Å². The number of aryl methyl sites for hydroxylation is 2. The molecule has 0 amide bonds. The lowest BCUT2D eigenvalue weighted by Gasteiger charge is -2.37. The first kappa shape index (κ1) is 22.9. The minimum absolute atomic E-state index is 0.194. The number of aromatic nitrogens is 1. The molecule has 0 spiro atoms. The maximum absolute atomic E-state index is 13.6. The van der Waals surface area contributed by atoms with Crippen LogP contribution in [0.15, 0.2) is 77.6 Å². The summed E-state index contributed by atoms with van der Waals surface area (Å²) in [4.78, 5) is 30.8. The monoisotopic (exact) mass is 467 g/mol. The summed E-state index contributed by atoms with van der Waals surface area (Å²) >= 11 is 0. The number of benzene rings is 3. The van der Waals surface area contributed by atoms with Gasteiger partial charge in [-0.1, -0.05) is 48.5 Å². The molecule has 5 rings (SSSR count). The SMILES string of the molecule is Cc1ccc(C)c(N2CCN(Cc3c(C(=O)O)c4ccccc4c(=O)n3-c3ccccc3)CC2)c1. The van der Waals surface area contributed by atoms with Crippen LogP contribution in [0.25, 0.3) is 16.5 Å². The smallest absolute Gasteiger partial charge is 0.338 e. The molecule has 1 aliphatic rings. The van der Waals surface area contributed by atoms with Gasteiger partial charge in [-0.25, -0.2) is 4.79 Å². The lowest BCUT2D eigenvalue weighted by molar-refractivity contribution is 0.0695. The second kappa shape index (κ2) is 9.39. The summed E-state index contributed by atoms with van der Waals surface area (Å²) in [6, 6.07) is 22.8. The molecule has 0 atom stereocenters. The lowest BCUT2D eigenvalue weighted by Crippen LogP contribution is -2.47. The van der Waals surface area contributed by atoms with E-state index in [1.54, 1.807) is 28.8 Å². The maximum Gasteiger partial charge on any atom is 0.338 e.